The maximum atomic E-state index is 12.9. The molecule has 172 valence electrons. The Morgan fingerprint density at radius 1 is 1.18 bits per heavy atom. The highest BCUT2D eigenvalue weighted by Gasteiger charge is 2.26. The normalized spacial score (nSPS) is 15.1. The van der Waals surface area contributed by atoms with Crippen molar-refractivity contribution < 1.29 is 24.6 Å². The van der Waals surface area contributed by atoms with Gasteiger partial charge in [-0.2, -0.15) is 0 Å². The van der Waals surface area contributed by atoms with Crippen molar-refractivity contribution in [3.05, 3.63) is 58.7 Å². The van der Waals surface area contributed by atoms with Gasteiger partial charge < -0.3 is 31.5 Å². The molecule has 2 heterocycles. The average Bonchev–Trinajstić information content (AvgIpc) is 3.17. The molecule has 2 aromatic carbocycles. The molecule has 0 aliphatic carbocycles. The number of aliphatic hydroxyl groups is 2. The maximum absolute atomic E-state index is 12.9. The fourth-order valence-electron chi connectivity index (χ4n) is 3.98. The third-order valence-electron chi connectivity index (χ3n) is 5.69. The number of anilines is 2. The number of hydrogen-bond acceptors (Lipinski definition) is 7. The fourth-order valence-corrected chi connectivity index (χ4v) is 3.98. The van der Waals surface area contributed by atoms with Crippen molar-refractivity contribution in [1.29, 1.82) is 0 Å². The molecule has 0 saturated carbocycles. The summed E-state index contributed by atoms with van der Waals surface area (Å²) in [5, 5.41) is 25.2. The van der Waals surface area contributed by atoms with Crippen molar-refractivity contribution in [2.45, 2.75) is 25.5 Å². The Kier molecular flexibility index (Phi) is 6.38. The Balaban J connectivity index is 1.43. The van der Waals surface area contributed by atoms with Gasteiger partial charge in [-0.3, -0.25) is 19.4 Å². The monoisotopic (exact) mass is 451 g/mol. The molecule has 10 heteroatoms. The van der Waals surface area contributed by atoms with Crippen LogP contribution >= 0.6 is 0 Å². The molecule has 2 aliphatic heterocycles. The molecular formula is C23H25N5O5. The molecule has 6 N–H and O–H groups in total. The predicted octanol–water partition coefficient (Wildman–Crippen LogP) is -0.0936. The van der Waals surface area contributed by atoms with Crippen LogP contribution in [-0.2, 0) is 22.6 Å². The highest BCUT2D eigenvalue weighted by atomic mass is 16.3. The standard InChI is InChI=1S/C23H25N5O5/c24-21-17-3-1-15(9-14(17)12-26-21)27-23(33)19(30)11-20(31)28(7-8-29)16-2-4-18-13(10-16)5-6-25-22(18)32/h1-4,9-10,19,29-30H,5-8,11-12H2,(H2,24,26)(H,25,32)(H,27,33). The van der Waals surface area contributed by atoms with Crippen molar-refractivity contribution >= 4 is 34.9 Å². The summed E-state index contributed by atoms with van der Waals surface area (Å²) in [4.78, 5) is 42.8. The minimum atomic E-state index is -1.59. The lowest BCUT2D eigenvalue weighted by Gasteiger charge is -2.25. The zero-order chi connectivity index (χ0) is 23.5. The number of hydrogen-bond donors (Lipinski definition) is 5. The van der Waals surface area contributed by atoms with E-state index in [0.29, 0.717) is 42.3 Å². The van der Waals surface area contributed by atoms with E-state index in [2.05, 4.69) is 15.6 Å². The van der Waals surface area contributed by atoms with Gasteiger partial charge in [0.05, 0.1) is 19.6 Å². The second kappa shape index (κ2) is 9.39. The lowest BCUT2D eigenvalue weighted by atomic mass is 9.99. The summed E-state index contributed by atoms with van der Waals surface area (Å²) in [6.45, 7) is 0.615. The number of rotatable bonds is 7. The molecule has 0 fully saturated rings. The molecule has 3 amide bonds. The van der Waals surface area contributed by atoms with Crippen LogP contribution < -0.4 is 21.3 Å². The molecule has 33 heavy (non-hydrogen) atoms. The van der Waals surface area contributed by atoms with E-state index in [1.807, 2.05) is 0 Å². The molecule has 0 radical (unpaired) electrons. The van der Waals surface area contributed by atoms with E-state index in [1.165, 1.54) is 4.90 Å². The van der Waals surface area contributed by atoms with Gasteiger partial charge in [0.15, 0.2) is 0 Å². The van der Waals surface area contributed by atoms with E-state index in [1.54, 1.807) is 36.4 Å². The number of fused-ring (bicyclic) bond motifs is 2. The van der Waals surface area contributed by atoms with E-state index >= 15 is 0 Å². The molecular weight excluding hydrogens is 426 g/mol. The molecule has 2 aromatic rings. The van der Waals surface area contributed by atoms with E-state index in [4.69, 9.17) is 5.73 Å². The van der Waals surface area contributed by atoms with Gasteiger partial charge in [0.2, 0.25) is 5.91 Å². The lowest BCUT2D eigenvalue weighted by Crippen LogP contribution is -2.39. The molecule has 2 aliphatic rings. The van der Waals surface area contributed by atoms with Gasteiger partial charge in [0.1, 0.15) is 11.9 Å². The van der Waals surface area contributed by atoms with Crippen molar-refractivity contribution in [1.82, 2.24) is 5.32 Å². The van der Waals surface area contributed by atoms with Gasteiger partial charge >= 0.3 is 0 Å². The molecule has 0 bridgehead atoms. The van der Waals surface area contributed by atoms with Gasteiger partial charge in [-0.25, -0.2) is 0 Å². The van der Waals surface area contributed by atoms with Crippen molar-refractivity contribution in [2.24, 2.45) is 10.7 Å². The number of benzene rings is 2. The highest BCUT2D eigenvalue weighted by Crippen LogP contribution is 2.24. The minimum absolute atomic E-state index is 0.00952. The van der Waals surface area contributed by atoms with Crippen LogP contribution in [0.15, 0.2) is 41.4 Å². The Bertz CT molecular complexity index is 1150. The Labute approximate surface area is 190 Å². The molecule has 0 saturated heterocycles. The number of aliphatic imine (C=N–C) groups is 1. The Morgan fingerprint density at radius 2 is 1.97 bits per heavy atom. The Morgan fingerprint density at radius 3 is 2.76 bits per heavy atom. The van der Waals surface area contributed by atoms with Gasteiger partial charge in [-0.15, -0.1) is 0 Å². The minimum Gasteiger partial charge on any atom is -0.395 e. The predicted molar refractivity (Wildman–Crippen MR) is 122 cm³/mol. The fraction of sp³-hybridized carbons (Fsp3) is 0.304. The van der Waals surface area contributed by atoms with Crippen molar-refractivity contribution in [2.75, 3.05) is 29.9 Å². The van der Waals surface area contributed by atoms with Crippen LogP contribution in [0.4, 0.5) is 11.4 Å². The quantitative estimate of drug-likeness (QED) is 0.396. The van der Waals surface area contributed by atoms with Crippen LogP contribution in [0.3, 0.4) is 0 Å². The smallest absolute Gasteiger partial charge is 0.253 e. The second-order valence-electron chi connectivity index (χ2n) is 7.90. The van der Waals surface area contributed by atoms with Crippen LogP contribution in [-0.4, -0.2) is 59.6 Å². The number of nitrogens with two attached hydrogens (primary N) is 1. The van der Waals surface area contributed by atoms with Gasteiger partial charge in [-0.1, -0.05) is 0 Å². The summed E-state index contributed by atoms with van der Waals surface area (Å²) in [6.07, 6.45) is -1.43. The largest absolute Gasteiger partial charge is 0.395 e. The van der Waals surface area contributed by atoms with E-state index in [0.717, 1.165) is 16.7 Å². The first-order chi connectivity index (χ1) is 15.9. The van der Waals surface area contributed by atoms with Gasteiger partial charge in [-0.05, 0) is 53.9 Å². The molecule has 0 aromatic heterocycles. The third kappa shape index (κ3) is 4.71. The number of carbonyl (C=O) groups excluding carboxylic acids is 3. The number of nitrogens with one attached hydrogen (secondary N) is 2. The van der Waals surface area contributed by atoms with Crippen molar-refractivity contribution in [3.63, 3.8) is 0 Å². The summed E-state index contributed by atoms with van der Waals surface area (Å²) in [5.74, 6) is -0.973. The van der Waals surface area contributed by atoms with E-state index in [9.17, 15) is 24.6 Å². The summed E-state index contributed by atoms with van der Waals surface area (Å²) in [7, 11) is 0. The van der Waals surface area contributed by atoms with Crippen LogP contribution in [0, 0.1) is 0 Å². The van der Waals surface area contributed by atoms with Crippen LogP contribution in [0.2, 0.25) is 0 Å². The number of aliphatic hydroxyl groups excluding tert-OH is 2. The van der Waals surface area contributed by atoms with Gasteiger partial charge in [0.25, 0.3) is 11.8 Å². The van der Waals surface area contributed by atoms with E-state index < -0.39 is 24.3 Å². The van der Waals surface area contributed by atoms with Crippen LogP contribution in [0.1, 0.15) is 33.5 Å². The highest BCUT2D eigenvalue weighted by molar-refractivity contribution is 6.03. The molecule has 10 nitrogen and oxygen atoms in total. The van der Waals surface area contributed by atoms with Crippen LogP contribution in [0.5, 0.6) is 0 Å². The zero-order valence-electron chi connectivity index (χ0n) is 17.9. The average molecular weight is 451 g/mol. The van der Waals surface area contributed by atoms with Gasteiger partial charge in [0, 0.05) is 35.6 Å². The second-order valence-corrected chi connectivity index (χ2v) is 7.90. The first kappa shape index (κ1) is 22.4. The number of amidine groups is 1. The molecule has 4 rings (SSSR count). The third-order valence-corrected chi connectivity index (χ3v) is 5.69. The lowest BCUT2D eigenvalue weighted by molar-refractivity contribution is -0.129. The molecule has 1 atom stereocenters. The summed E-state index contributed by atoms with van der Waals surface area (Å²) in [6, 6.07) is 10.1. The number of carbonyl (C=O) groups is 3. The summed E-state index contributed by atoms with van der Waals surface area (Å²) in [5.41, 5.74) is 9.77. The molecule has 1 unspecified atom stereocenters. The SMILES string of the molecule is NC1=NCc2cc(NC(=O)C(O)CC(=O)N(CCO)c3ccc4c(c3)CCNC4=O)ccc21. The maximum Gasteiger partial charge on any atom is 0.253 e. The summed E-state index contributed by atoms with van der Waals surface area (Å²) < 4.78 is 0. The molecule has 0 spiro atoms. The Hall–Kier alpha value is -3.76. The first-order valence-electron chi connectivity index (χ1n) is 10.6. The number of nitrogens with zero attached hydrogens (tertiary/aromatic N) is 2. The zero-order valence-corrected chi connectivity index (χ0v) is 17.9. The van der Waals surface area contributed by atoms with E-state index in [-0.39, 0.29) is 19.1 Å². The van der Waals surface area contributed by atoms with Crippen LogP contribution in [0.25, 0.3) is 0 Å². The number of amides is 3. The topological polar surface area (TPSA) is 157 Å². The van der Waals surface area contributed by atoms with Crippen molar-refractivity contribution in [3.8, 4) is 0 Å². The first-order valence-corrected chi connectivity index (χ1v) is 10.6. The summed E-state index contributed by atoms with van der Waals surface area (Å²) >= 11 is 0.